The van der Waals surface area contributed by atoms with Gasteiger partial charge in [-0.2, -0.15) is 0 Å². The summed E-state index contributed by atoms with van der Waals surface area (Å²) in [6.07, 6.45) is -0.882. The Morgan fingerprint density at radius 3 is 2.14 bits per heavy atom. The summed E-state index contributed by atoms with van der Waals surface area (Å²) in [4.78, 5) is 32.6. The highest BCUT2D eigenvalue weighted by molar-refractivity contribution is 7.90. The number of carboxylic acids is 2. The van der Waals surface area contributed by atoms with E-state index in [4.69, 9.17) is 10.2 Å². The molecule has 120 valence electrons. The molecule has 0 saturated carbocycles. The van der Waals surface area contributed by atoms with E-state index in [2.05, 4.69) is 0 Å². The molecule has 0 spiro atoms. The van der Waals surface area contributed by atoms with Crippen molar-refractivity contribution >= 4 is 28.0 Å². The zero-order chi connectivity index (χ0) is 16.9. The van der Waals surface area contributed by atoms with E-state index in [1.807, 2.05) is 0 Å². The van der Waals surface area contributed by atoms with Gasteiger partial charge in [0.1, 0.15) is 6.04 Å². The number of nitrogens with one attached hydrogen (secondary N) is 2. The minimum absolute atomic E-state index is 0.182. The first kappa shape index (κ1) is 17.4. The molecule has 0 saturated heterocycles. The van der Waals surface area contributed by atoms with Crippen LogP contribution in [-0.4, -0.2) is 42.6 Å². The van der Waals surface area contributed by atoms with E-state index in [1.165, 1.54) is 24.3 Å². The van der Waals surface area contributed by atoms with Gasteiger partial charge in [0.25, 0.3) is 10.0 Å². The third kappa shape index (κ3) is 5.05. The number of urea groups is 1. The molecule has 2 amide bonds. The van der Waals surface area contributed by atoms with Crippen LogP contribution in [0.25, 0.3) is 0 Å². The third-order valence-electron chi connectivity index (χ3n) is 2.54. The van der Waals surface area contributed by atoms with Crippen LogP contribution in [-0.2, 0) is 19.6 Å². The summed E-state index contributed by atoms with van der Waals surface area (Å²) in [5.74, 6) is -3.04. The number of carboxylic acid groups (broad SMARTS) is 2. The Morgan fingerprint density at radius 1 is 1.14 bits per heavy atom. The number of aryl methyl sites for hydroxylation is 1. The minimum atomic E-state index is -4.18. The van der Waals surface area contributed by atoms with Crippen LogP contribution in [0.1, 0.15) is 12.0 Å². The Kier molecular flexibility index (Phi) is 5.46. The predicted octanol–water partition coefficient (Wildman–Crippen LogP) is -0.0892. The molecule has 1 aromatic rings. The second-order valence-electron chi connectivity index (χ2n) is 4.38. The van der Waals surface area contributed by atoms with E-state index < -0.39 is 40.5 Å². The van der Waals surface area contributed by atoms with Gasteiger partial charge in [-0.3, -0.25) is 4.79 Å². The lowest BCUT2D eigenvalue weighted by Gasteiger charge is -2.13. The standard InChI is InChI=1S/C12H14N2O7S/c1-7-2-4-8(5-3-7)22(20,21)14-12(19)13-9(11(17)18)6-10(15)16/h2-5,9H,6H2,1H3,(H,15,16)(H,17,18)(H2,13,14,19)/t9-/m0/s1. The highest BCUT2D eigenvalue weighted by Crippen LogP contribution is 2.09. The Hall–Kier alpha value is -2.62. The van der Waals surface area contributed by atoms with Gasteiger partial charge in [-0.05, 0) is 19.1 Å². The van der Waals surface area contributed by atoms with Crippen LogP contribution in [0.4, 0.5) is 4.79 Å². The van der Waals surface area contributed by atoms with Gasteiger partial charge in [-0.15, -0.1) is 0 Å². The first-order chi connectivity index (χ1) is 10.1. The number of amides is 2. The van der Waals surface area contributed by atoms with Crippen molar-refractivity contribution in [2.75, 3.05) is 0 Å². The lowest BCUT2D eigenvalue weighted by atomic mass is 10.2. The Bertz CT molecular complexity index is 682. The summed E-state index contributed by atoms with van der Waals surface area (Å²) in [5, 5.41) is 19.1. The molecule has 1 atom stereocenters. The van der Waals surface area contributed by atoms with Crippen molar-refractivity contribution in [2.24, 2.45) is 0 Å². The Labute approximate surface area is 126 Å². The molecule has 0 unspecified atom stereocenters. The van der Waals surface area contributed by atoms with E-state index in [1.54, 1.807) is 17.0 Å². The van der Waals surface area contributed by atoms with Crippen LogP contribution in [0.3, 0.4) is 0 Å². The first-order valence-corrected chi connectivity index (χ1v) is 7.44. The molecule has 1 aromatic carbocycles. The van der Waals surface area contributed by atoms with Crippen molar-refractivity contribution in [3.05, 3.63) is 29.8 Å². The lowest BCUT2D eigenvalue weighted by molar-refractivity contribution is -0.145. The summed E-state index contributed by atoms with van der Waals surface area (Å²) in [7, 11) is -4.18. The molecule has 0 radical (unpaired) electrons. The SMILES string of the molecule is Cc1ccc(S(=O)(=O)NC(=O)N[C@@H](CC(=O)O)C(=O)O)cc1. The van der Waals surface area contributed by atoms with Gasteiger partial charge < -0.3 is 15.5 Å². The second-order valence-corrected chi connectivity index (χ2v) is 6.06. The number of rotatable bonds is 6. The van der Waals surface area contributed by atoms with Gasteiger partial charge in [0.05, 0.1) is 11.3 Å². The summed E-state index contributed by atoms with van der Waals surface area (Å²) < 4.78 is 25.4. The molecule has 0 aliphatic carbocycles. The predicted molar refractivity (Wildman–Crippen MR) is 73.7 cm³/mol. The van der Waals surface area contributed by atoms with Crippen LogP contribution in [0.5, 0.6) is 0 Å². The molecule has 0 aliphatic heterocycles. The lowest BCUT2D eigenvalue weighted by Crippen LogP contribution is -2.48. The van der Waals surface area contributed by atoms with Gasteiger partial charge >= 0.3 is 18.0 Å². The number of carbonyl (C=O) groups excluding carboxylic acids is 1. The summed E-state index contributed by atoms with van der Waals surface area (Å²) in [5.41, 5.74) is 0.816. The molecule has 0 bridgehead atoms. The molecular formula is C12H14N2O7S. The normalized spacial score (nSPS) is 12.2. The molecule has 0 aliphatic rings. The second kappa shape index (κ2) is 6.89. The van der Waals surface area contributed by atoms with Crippen LogP contribution >= 0.6 is 0 Å². The minimum Gasteiger partial charge on any atom is -0.481 e. The first-order valence-electron chi connectivity index (χ1n) is 5.96. The molecule has 0 aromatic heterocycles. The van der Waals surface area contributed by atoms with Crippen molar-refractivity contribution < 1.29 is 33.0 Å². The van der Waals surface area contributed by atoms with Gasteiger partial charge in [0, 0.05) is 0 Å². The number of benzene rings is 1. The van der Waals surface area contributed by atoms with Crippen molar-refractivity contribution in [3.63, 3.8) is 0 Å². The van der Waals surface area contributed by atoms with Crippen molar-refractivity contribution in [1.29, 1.82) is 0 Å². The van der Waals surface area contributed by atoms with Crippen molar-refractivity contribution in [2.45, 2.75) is 24.3 Å². The maximum absolute atomic E-state index is 11.9. The topological polar surface area (TPSA) is 150 Å². The molecular weight excluding hydrogens is 316 g/mol. The van der Waals surface area contributed by atoms with E-state index >= 15 is 0 Å². The molecule has 0 heterocycles. The van der Waals surface area contributed by atoms with Gasteiger partial charge in [0.15, 0.2) is 0 Å². The molecule has 10 heteroatoms. The van der Waals surface area contributed by atoms with Gasteiger partial charge in [-0.25, -0.2) is 22.7 Å². The van der Waals surface area contributed by atoms with Crippen LogP contribution in [0.2, 0.25) is 0 Å². The Morgan fingerprint density at radius 2 is 1.68 bits per heavy atom. The Balaban J connectivity index is 2.80. The van der Waals surface area contributed by atoms with Crippen molar-refractivity contribution in [3.8, 4) is 0 Å². The quantitative estimate of drug-likeness (QED) is 0.569. The van der Waals surface area contributed by atoms with Gasteiger partial charge in [-0.1, -0.05) is 17.7 Å². The fourth-order valence-corrected chi connectivity index (χ4v) is 2.38. The highest BCUT2D eigenvalue weighted by Gasteiger charge is 2.25. The number of aliphatic carboxylic acids is 2. The summed E-state index contributed by atoms with van der Waals surface area (Å²) in [6.45, 7) is 1.75. The monoisotopic (exact) mass is 330 g/mol. The average molecular weight is 330 g/mol. The fraction of sp³-hybridized carbons (Fsp3) is 0.250. The van der Waals surface area contributed by atoms with E-state index in [0.717, 1.165) is 5.56 Å². The molecule has 9 nitrogen and oxygen atoms in total. The van der Waals surface area contributed by atoms with Crippen LogP contribution in [0.15, 0.2) is 29.2 Å². The summed E-state index contributed by atoms with van der Waals surface area (Å²) >= 11 is 0. The zero-order valence-electron chi connectivity index (χ0n) is 11.4. The number of carbonyl (C=O) groups is 3. The van der Waals surface area contributed by atoms with Crippen molar-refractivity contribution in [1.82, 2.24) is 10.0 Å². The van der Waals surface area contributed by atoms with E-state index in [0.29, 0.717) is 0 Å². The average Bonchev–Trinajstić information content (AvgIpc) is 2.37. The summed E-state index contributed by atoms with van der Waals surface area (Å²) in [6, 6.07) is 2.53. The fourth-order valence-electron chi connectivity index (χ4n) is 1.46. The zero-order valence-corrected chi connectivity index (χ0v) is 12.3. The highest BCUT2D eigenvalue weighted by atomic mass is 32.2. The number of sulfonamides is 1. The largest absolute Gasteiger partial charge is 0.481 e. The van der Waals surface area contributed by atoms with Crippen LogP contribution in [0, 0.1) is 6.92 Å². The molecule has 4 N–H and O–H groups in total. The molecule has 0 fully saturated rings. The van der Waals surface area contributed by atoms with E-state index in [9.17, 15) is 22.8 Å². The van der Waals surface area contributed by atoms with Gasteiger partial charge in [0.2, 0.25) is 0 Å². The smallest absolute Gasteiger partial charge is 0.329 e. The molecule has 22 heavy (non-hydrogen) atoms. The molecule has 1 rings (SSSR count). The van der Waals surface area contributed by atoms with E-state index in [-0.39, 0.29) is 4.90 Å². The number of hydrogen-bond acceptors (Lipinski definition) is 5. The maximum atomic E-state index is 11.9. The van der Waals surface area contributed by atoms with Crippen LogP contribution < -0.4 is 10.0 Å². The number of hydrogen-bond donors (Lipinski definition) is 4. The maximum Gasteiger partial charge on any atom is 0.329 e. The third-order valence-corrected chi connectivity index (χ3v) is 3.89.